The molecule has 0 radical (unpaired) electrons. The highest BCUT2D eigenvalue weighted by Crippen LogP contribution is 2.33. The van der Waals surface area contributed by atoms with Crippen molar-refractivity contribution in [3.05, 3.63) is 116 Å². The fraction of sp³-hybridized carbons (Fsp3) is 0. The van der Waals surface area contributed by atoms with Gasteiger partial charge >= 0.3 is 0 Å². The zero-order valence-corrected chi connectivity index (χ0v) is 13.8. The van der Waals surface area contributed by atoms with Gasteiger partial charge in [0, 0.05) is 41.8 Å². The van der Waals surface area contributed by atoms with Crippen molar-refractivity contribution in [1.82, 2.24) is 9.97 Å². The molecule has 3 aromatic carbocycles. The average Bonchev–Trinajstić information content (AvgIpc) is 2.72. The van der Waals surface area contributed by atoms with E-state index in [2.05, 4.69) is 87.7 Å². The van der Waals surface area contributed by atoms with E-state index in [0.717, 1.165) is 0 Å². The topological polar surface area (TPSA) is 29.0 Å². The Morgan fingerprint density at radius 3 is 0.920 bits per heavy atom. The van der Waals surface area contributed by atoms with Gasteiger partial charge in [-0.25, -0.2) is 0 Å². The minimum atomic E-state index is 1.17. The third-order valence-corrected chi connectivity index (χ3v) is 3.52. The van der Waals surface area contributed by atoms with Crippen LogP contribution in [-0.2, 0) is 0 Å². The molecule has 4 aromatic rings. The lowest BCUT2D eigenvalue weighted by atomic mass is 10.2. The lowest BCUT2D eigenvalue weighted by Gasteiger charge is -2.25. The molecule has 0 unspecified atom stereocenters. The van der Waals surface area contributed by atoms with Crippen molar-refractivity contribution in [3.63, 3.8) is 0 Å². The third kappa shape index (κ3) is 4.75. The van der Waals surface area contributed by atoms with Crippen LogP contribution in [-0.4, -0.2) is 9.97 Å². The van der Waals surface area contributed by atoms with E-state index in [4.69, 9.17) is 0 Å². The van der Waals surface area contributed by atoms with E-state index in [-0.39, 0.29) is 0 Å². The van der Waals surface area contributed by atoms with Gasteiger partial charge in [0.2, 0.25) is 0 Å². The summed E-state index contributed by atoms with van der Waals surface area (Å²) >= 11 is 0. The van der Waals surface area contributed by atoms with E-state index in [0.29, 0.717) is 0 Å². The maximum Gasteiger partial charge on any atom is 0.0461 e. The molecule has 0 atom stereocenters. The second kappa shape index (κ2) is 8.99. The van der Waals surface area contributed by atoms with Crippen LogP contribution in [0.2, 0.25) is 0 Å². The van der Waals surface area contributed by atoms with Crippen LogP contribution in [0.25, 0.3) is 0 Å². The van der Waals surface area contributed by atoms with E-state index in [1.165, 1.54) is 17.1 Å². The van der Waals surface area contributed by atoms with Crippen LogP contribution >= 0.6 is 0 Å². The molecule has 0 saturated heterocycles. The summed E-state index contributed by atoms with van der Waals surface area (Å²) in [6, 6.07) is 31.3. The highest BCUT2D eigenvalue weighted by Gasteiger charge is 2.10. The number of para-hydroxylation sites is 3. The van der Waals surface area contributed by atoms with Crippen LogP contribution in [0.15, 0.2) is 116 Å². The molecule has 3 heteroatoms. The Morgan fingerprint density at radius 1 is 0.400 bits per heavy atom. The van der Waals surface area contributed by atoms with E-state index >= 15 is 0 Å². The van der Waals surface area contributed by atoms with Crippen molar-refractivity contribution in [2.75, 3.05) is 4.90 Å². The van der Waals surface area contributed by atoms with Crippen molar-refractivity contribution in [3.8, 4) is 0 Å². The van der Waals surface area contributed by atoms with E-state index in [9.17, 15) is 0 Å². The smallest absolute Gasteiger partial charge is 0.0461 e. The van der Waals surface area contributed by atoms with Gasteiger partial charge in [-0.15, -0.1) is 0 Å². The normalized spacial score (nSPS) is 9.60. The summed E-state index contributed by atoms with van der Waals surface area (Å²) in [6.07, 6.45) is 6.56. The molecule has 0 fully saturated rings. The van der Waals surface area contributed by atoms with Gasteiger partial charge in [-0.3, -0.25) is 9.97 Å². The summed E-state index contributed by atoms with van der Waals surface area (Å²) in [7, 11) is 0. The third-order valence-electron chi connectivity index (χ3n) is 3.52. The van der Waals surface area contributed by atoms with E-state index < -0.39 is 0 Å². The Bertz CT molecular complexity index is 714. The molecule has 0 amide bonds. The molecule has 25 heavy (non-hydrogen) atoms. The van der Waals surface area contributed by atoms with Gasteiger partial charge in [0.25, 0.3) is 0 Å². The molecule has 0 bridgehead atoms. The van der Waals surface area contributed by atoms with Crippen molar-refractivity contribution in [2.24, 2.45) is 0 Å². The number of hydrogen-bond acceptors (Lipinski definition) is 3. The molecule has 0 spiro atoms. The van der Waals surface area contributed by atoms with Crippen molar-refractivity contribution in [2.45, 2.75) is 0 Å². The first-order valence-electron chi connectivity index (χ1n) is 8.10. The van der Waals surface area contributed by atoms with Crippen LogP contribution in [0, 0.1) is 0 Å². The van der Waals surface area contributed by atoms with Crippen LogP contribution in [0.3, 0.4) is 0 Å². The molecule has 1 heterocycles. The SMILES string of the molecule is c1ccc(N(c2ccccc2)c2ccccc2)cc1.c1cnccn1. The molecule has 4 rings (SSSR count). The Kier molecular flexibility index (Phi) is 5.90. The minimum Gasteiger partial charge on any atom is -0.311 e. The van der Waals surface area contributed by atoms with Crippen LogP contribution in [0.1, 0.15) is 0 Å². The highest BCUT2D eigenvalue weighted by molar-refractivity contribution is 5.76. The predicted molar refractivity (Wildman–Crippen MR) is 103 cm³/mol. The quantitative estimate of drug-likeness (QED) is 0.488. The van der Waals surface area contributed by atoms with Crippen molar-refractivity contribution in [1.29, 1.82) is 0 Å². The molecule has 3 nitrogen and oxygen atoms in total. The van der Waals surface area contributed by atoms with E-state index in [1.807, 2.05) is 18.2 Å². The summed E-state index contributed by atoms with van der Waals surface area (Å²) in [6.45, 7) is 0. The zero-order chi connectivity index (χ0) is 17.2. The fourth-order valence-corrected chi connectivity index (χ4v) is 2.43. The van der Waals surface area contributed by atoms with Crippen molar-refractivity contribution < 1.29 is 0 Å². The molecule has 0 aliphatic carbocycles. The number of rotatable bonds is 3. The molecule has 122 valence electrons. The molecule has 0 aliphatic heterocycles. The van der Waals surface area contributed by atoms with Crippen LogP contribution in [0.4, 0.5) is 17.1 Å². The largest absolute Gasteiger partial charge is 0.311 e. The molecule has 1 aromatic heterocycles. The van der Waals surface area contributed by atoms with Crippen LogP contribution in [0.5, 0.6) is 0 Å². The standard InChI is InChI=1S/C18H15N.C4H4N2/c1-4-10-16(11-5-1)19(17-12-6-2-7-13-17)18-14-8-3-9-15-18;1-2-6-4-3-5-1/h1-15H;1-4H. The number of nitrogens with zero attached hydrogens (tertiary/aromatic N) is 3. The fourth-order valence-electron chi connectivity index (χ4n) is 2.43. The summed E-state index contributed by atoms with van der Waals surface area (Å²) in [5.41, 5.74) is 3.50. The summed E-state index contributed by atoms with van der Waals surface area (Å²) in [5, 5.41) is 0. The lowest BCUT2D eigenvalue weighted by Crippen LogP contribution is -2.09. The maximum atomic E-state index is 3.72. The predicted octanol–water partition coefficient (Wildman–Crippen LogP) is 5.63. The second-order valence-electron chi connectivity index (χ2n) is 5.24. The molecular weight excluding hydrogens is 306 g/mol. The zero-order valence-electron chi connectivity index (χ0n) is 13.8. The number of aromatic nitrogens is 2. The highest BCUT2D eigenvalue weighted by atomic mass is 15.1. The molecule has 0 saturated carbocycles. The average molecular weight is 325 g/mol. The van der Waals surface area contributed by atoms with Gasteiger partial charge in [-0.2, -0.15) is 0 Å². The number of anilines is 3. The number of benzene rings is 3. The minimum absolute atomic E-state index is 1.17. The Labute approximate surface area is 148 Å². The first kappa shape index (κ1) is 16.4. The lowest BCUT2D eigenvalue weighted by molar-refractivity contribution is 1.20. The Balaban J connectivity index is 0.000000258. The Hall–Kier alpha value is -3.46. The summed E-state index contributed by atoms with van der Waals surface area (Å²) < 4.78 is 0. The maximum absolute atomic E-state index is 3.72. The summed E-state index contributed by atoms with van der Waals surface area (Å²) in [5.74, 6) is 0. The Morgan fingerprint density at radius 2 is 0.680 bits per heavy atom. The van der Waals surface area contributed by atoms with Gasteiger partial charge in [0.1, 0.15) is 0 Å². The molecule has 0 aliphatic rings. The van der Waals surface area contributed by atoms with E-state index in [1.54, 1.807) is 24.8 Å². The molecule has 0 N–H and O–H groups in total. The van der Waals surface area contributed by atoms with Crippen molar-refractivity contribution >= 4 is 17.1 Å². The first-order chi connectivity index (χ1) is 12.4. The van der Waals surface area contributed by atoms with Gasteiger partial charge < -0.3 is 4.90 Å². The number of hydrogen-bond donors (Lipinski definition) is 0. The summed E-state index contributed by atoms with van der Waals surface area (Å²) in [4.78, 5) is 9.69. The molecular formula is C22H19N3. The van der Waals surface area contributed by atoms with Gasteiger partial charge in [-0.1, -0.05) is 54.6 Å². The second-order valence-corrected chi connectivity index (χ2v) is 5.24. The first-order valence-corrected chi connectivity index (χ1v) is 8.10. The van der Waals surface area contributed by atoms with Gasteiger partial charge in [0.05, 0.1) is 0 Å². The van der Waals surface area contributed by atoms with Gasteiger partial charge in [-0.05, 0) is 36.4 Å². The van der Waals surface area contributed by atoms with Crippen LogP contribution < -0.4 is 4.90 Å². The monoisotopic (exact) mass is 325 g/mol. The van der Waals surface area contributed by atoms with Gasteiger partial charge in [0.15, 0.2) is 0 Å².